The van der Waals surface area contributed by atoms with Crippen LogP contribution in [0.3, 0.4) is 0 Å². The Morgan fingerprint density at radius 3 is 2.31 bits per heavy atom. The zero-order chi connectivity index (χ0) is 28.3. The molecule has 3 aromatic rings. The van der Waals surface area contributed by atoms with Crippen molar-refractivity contribution in [2.75, 3.05) is 13.1 Å². The highest BCUT2D eigenvalue weighted by molar-refractivity contribution is 7.89. The van der Waals surface area contributed by atoms with E-state index in [2.05, 4.69) is 15.5 Å². The minimum absolute atomic E-state index is 0.00268. The Hall–Kier alpha value is -3.67. The van der Waals surface area contributed by atoms with E-state index in [1.54, 1.807) is 24.5 Å². The van der Waals surface area contributed by atoms with Crippen LogP contribution in [0, 0.1) is 10.8 Å². The van der Waals surface area contributed by atoms with E-state index in [0.29, 0.717) is 11.1 Å². The molecular weight excluding hydrogens is 520 g/mol. The molecule has 0 saturated carbocycles. The fourth-order valence-corrected chi connectivity index (χ4v) is 5.60. The first kappa shape index (κ1) is 29.9. The lowest BCUT2D eigenvalue weighted by molar-refractivity contribution is 0.0873. The van der Waals surface area contributed by atoms with Gasteiger partial charge in [-0.25, -0.2) is 13.2 Å². The van der Waals surface area contributed by atoms with Crippen LogP contribution in [-0.4, -0.2) is 54.1 Å². The molecule has 3 rings (SSSR count). The lowest BCUT2D eigenvalue weighted by atomic mass is 10.0. The lowest BCUT2D eigenvalue weighted by Crippen LogP contribution is -2.51. The third-order valence-electron chi connectivity index (χ3n) is 5.93. The van der Waals surface area contributed by atoms with Crippen LogP contribution in [0.25, 0.3) is 0 Å². The first-order valence-electron chi connectivity index (χ1n) is 12.6. The second-order valence-corrected chi connectivity index (χ2v) is 11.5. The van der Waals surface area contributed by atoms with Crippen LogP contribution >= 0.6 is 0 Å². The molecule has 2 atom stereocenters. The molecule has 0 unspecified atom stereocenters. The molecule has 0 spiro atoms. The number of sulfonamides is 1. The van der Waals surface area contributed by atoms with Crippen molar-refractivity contribution in [2.24, 2.45) is 11.1 Å². The van der Waals surface area contributed by atoms with Gasteiger partial charge in [-0.3, -0.25) is 4.98 Å². The Balaban J connectivity index is 1.79. The van der Waals surface area contributed by atoms with Crippen molar-refractivity contribution in [3.8, 4) is 0 Å². The van der Waals surface area contributed by atoms with E-state index >= 15 is 0 Å². The maximum absolute atomic E-state index is 13.5. The minimum Gasteiger partial charge on any atom is -0.445 e. The molecule has 0 aliphatic heterocycles. The summed E-state index contributed by atoms with van der Waals surface area (Å²) in [5.41, 5.74) is 2.15. The van der Waals surface area contributed by atoms with E-state index in [1.165, 1.54) is 28.6 Å². The zero-order valence-electron chi connectivity index (χ0n) is 22.0. The normalized spacial score (nSPS) is 13.2. The van der Waals surface area contributed by atoms with Gasteiger partial charge < -0.3 is 15.2 Å². The number of aromatic nitrogens is 1. The number of ether oxygens (including phenoxy) is 1. The molecule has 0 radical (unpaired) electrons. The highest BCUT2D eigenvalue weighted by atomic mass is 32.2. The Labute approximate surface area is 229 Å². The summed E-state index contributed by atoms with van der Waals surface area (Å²) < 4.78 is 33.6. The second-order valence-electron chi connectivity index (χ2n) is 9.59. The fraction of sp³-hybridized carbons (Fsp3) is 0.357. The molecule has 2 aromatic carbocycles. The molecule has 0 saturated heterocycles. The highest BCUT2D eigenvalue weighted by Gasteiger charge is 2.31. The number of nitroso groups, excluding NO2 is 1. The Kier molecular flexibility index (Phi) is 11.1. The van der Waals surface area contributed by atoms with Gasteiger partial charge in [-0.1, -0.05) is 67.6 Å². The van der Waals surface area contributed by atoms with Crippen LogP contribution in [0.2, 0.25) is 0 Å². The second kappa shape index (κ2) is 14.5. The predicted molar refractivity (Wildman–Crippen MR) is 147 cm³/mol. The third-order valence-corrected chi connectivity index (χ3v) is 7.77. The number of rotatable bonds is 14. The van der Waals surface area contributed by atoms with E-state index in [0.717, 1.165) is 5.56 Å². The Bertz CT molecular complexity index is 1290. The van der Waals surface area contributed by atoms with Gasteiger partial charge in [-0.15, -0.1) is 0 Å². The average Bonchev–Trinajstić information content (AvgIpc) is 2.92. The number of pyridine rings is 1. The summed E-state index contributed by atoms with van der Waals surface area (Å²) in [6, 6.07) is 17.9. The Morgan fingerprint density at radius 2 is 1.69 bits per heavy atom. The summed E-state index contributed by atoms with van der Waals surface area (Å²) >= 11 is 0. The molecule has 1 heterocycles. The van der Waals surface area contributed by atoms with Crippen LogP contribution in [0.1, 0.15) is 30.5 Å². The van der Waals surface area contributed by atoms with Gasteiger partial charge in [-0.2, -0.15) is 9.21 Å². The minimum atomic E-state index is -3.99. The first-order valence-corrected chi connectivity index (χ1v) is 14.1. The van der Waals surface area contributed by atoms with Crippen molar-refractivity contribution in [1.29, 1.82) is 0 Å². The van der Waals surface area contributed by atoms with Crippen molar-refractivity contribution in [3.05, 3.63) is 101 Å². The number of nitrogens with one attached hydrogen (secondary N) is 1. The molecule has 0 aliphatic carbocycles. The fourth-order valence-electron chi connectivity index (χ4n) is 3.98. The molecule has 0 aliphatic rings. The number of benzene rings is 2. The SMILES string of the molecule is CC(C)CN(C[C@@H](O)[C@H](Cc1ccccc1)NC(=O)OCc1cccnc1)S(=O)(=O)c1ccc(CN=O)cc1. The van der Waals surface area contributed by atoms with Gasteiger partial charge in [0.15, 0.2) is 0 Å². The summed E-state index contributed by atoms with van der Waals surface area (Å²) in [6.45, 7) is 3.60. The van der Waals surface area contributed by atoms with Gasteiger partial charge in [0.1, 0.15) is 13.2 Å². The molecule has 208 valence electrons. The van der Waals surface area contributed by atoms with Gasteiger partial charge >= 0.3 is 6.09 Å². The number of carbonyl (C=O) groups excluding carboxylic acids is 1. The van der Waals surface area contributed by atoms with E-state index in [4.69, 9.17) is 4.74 Å². The summed E-state index contributed by atoms with van der Waals surface area (Å²) in [4.78, 5) is 27.2. The molecule has 1 amide bonds. The Morgan fingerprint density at radius 1 is 1.00 bits per heavy atom. The first-order chi connectivity index (χ1) is 18.7. The number of amides is 1. The summed E-state index contributed by atoms with van der Waals surface area (Å²) in [7, 11) is -3.99. The molecule has 1 aromatic heterocycles. The standard InChI is InChI=1S/C28H34N4O6S/c1-21(2)18-32(39(36,37)25-12-10-23(11-13-25)17-30-35)19-27(33)26(15-22-7-4-3-5-8-22)31-28(34)38-20-24-9-6-14-29-16-24/h3-14,16,21,26-27,33H,15,17-20H2,1-2H3,(H,31,34)/t26-,27+/m0/s1. The third kappa shape index (κ3) is 9.24. The largest absolute Gasteiger partial charge is 0.445 e. The van der Waals surface area contributed by atoms with E-state index in [-0.39, 0.29) is 43.5 Å². The zero-order valence-corrected chi connectivity index (χ0v) is 22.8. The van der Waals surface area contributed by atoms with Crippen LogP contribution in [0.15, 0.2) is 89.2 Å². The molecule has 2 N–H and O–H groups in total. The number of aliphatic hydroxyl groups is 1. The quantitative estimate of drug-likeness (QED) is 0.288. The van der Waals surface area contributed by atoms with Crippen LogP contribution in [-0.2, 0) is 34.3 Å². The monoisotopic (exact) mass is 554 g/mol. The highest BCUT2D eigenvalue weighted by Crippen LogP contribution is 2.20. The molecule has 10 nitrogen and oxygen atoms in total. The van der Waals surface area contributed by atoms with Gasteiger partial charge in [0.25, 0.3) is 0 Å². The van der Waals surface area contributed by atoms with Crippen LogP contribution in [0.4, 0.5) is 4.79 Å². The molecule has 0 fully saturated rings. The van der Waals surface area contributed by atoms with Crippen molar-refractivity contribution in [1.82, 2.24) is 14.6 Å². The maximum atomic E-state index is 13.5. The molecular formula is C28H34N4O6S. The summed E-state index contributed by atoms with van der Waals surface area (Å²) in [5, 5.41) is 16.8. The average molecular weight is 555 g/mol. The van der Waals surface area contributed by atoms with Crippen molar-refractivity contribution in [2.45, 2.75) is 50.5 Å². The number of carbonyl (C=O) groups is 1. The smallest absolute Gasteiger partial charge is 0.407 e. The number of aliphatic hydroxyl groups excluding tert-OH is 1. The van der Waals surface area contributed by atoms with Crippen molar-refractivity contribution < 1.29 is 23.1 Å². The molecule has 11 heteroatoms. The summed E-state index contributed by atoms with van der Waals surface area (Å²) in [5.74, 6) is -0.0320. The molecule has 0 bridgehead atoms. The number of hydrogen-bond acceptors (Lipinski definition) is 8. The number of nitrogens with zero attached hydrogens (tertiary/aromatic N) is 3. The van der Waals surface area contributed by atoms with Crippen molar-refractivity contribution >= 4 is 16.1 Å². The number of alkyl carbamates (subject to hydrolysis) is 1. The van der Waals surface area contributed by atoms with Gasteiger partial charge in [0, 0.05) is 31.0 Å². The van der Waals surface area contributed by atoms with Gasteiger partial charge in [0.05, 0.1) is 17.0 Å². The van der Waals surface area contributed by atoms with Crippen LogP contribution in [0.5, 0.6) is 0 Å². The van der Waals surface area contributed by atoms with Gasteiger partial charge in [0.2, 0.25) is 10.0 Å². The predicted octanol–water partition coefficient (Wildman–Crippen LogP) is 3.89. The summed E-state index contributed by atoms with van der Waals surface area (Å²) in [6.07, 6.45) is 1.47. The van der Waals surface area contributed by atoms with E-state index < -0.39 is 28.3 Å². The van der Waals surface area contributed by atoms with Crippen molar-refractivity contribution in [3.63, 3.8) is 0 Å². The maximum Gasteiger partial charge on any atom is 0.407 e. The van der Waals surface area contributed by atoms with E-state index in [1.807, 2.05) is 44.2 Å². The lowest BCUT2D eigenvalue weighted by Gasteiger charge is -2.30. The van der Waals surface area contributed by atoms with Gasteiger partial charge in [-0.05, 0) is 41.7 Å². The van der Waals surface area contributed by atoms with E-state index in [9.17, 15) is 23.2 Å². The van der Waals surface area contributed by atoms with Crippen LogP contribution < -0.4 is 5.32 Å². The molecule has 39 heavy (non-hydrogen) atoms. The topological polar surface area (TPSA) is 138 Å². The number of hydrogen-bond donors (Lipinski definition) is 2.